The fraction of sp³-hybridized carbons (Fsp3) is 0.368. The molecule has 0 radical (unpaired) electrons. The van der Waals surface area contributed by atoms with Gasteiger partial charge in [0.2, 0.25) is 11.8 Å². The van der Waals surface area contributed by atoms with Crippen LogP contribution in [0.3, 0.4) is 0 Å². The zero-order chi connectivity index (χ0) is 17.2. The van der Waals surface area contributed by atoms with E-state index in [2.05, 4.69) is 27.7 Å². The molecule has 2 aliphatic heterocycles. The Balaban J connectivity index is 1.41. The Bertz CT molecular complexity index is 767. The summed E-state index contributed by atoms with van der Waals surface area (Å²) in [4.78, 5) is 30.6. The van der Waals surface area contributed by atoms with Crippen molar-refractivity contribution >= 4 is 28.8 Å². The summed E-state index contributed by atoms with van der Waals surface area (Å²) in [6, 6.07) is 11.9. The molecule has 2 amide bonds. The van der Waals surface area contributed by atoms with Gasteiger partial charge < -0.3 is 10.2 Å². The average molecular weight is 355 g/mol. The number of fused-ring (bicyclic) bond motifs is 1. The van der Waals surface area contributed by atoms with E-state index in [4.69, 9.17) is 0 Å². The Labute approximate surface area is 151 Å². The molecule has 0 spiro atoms. The van der Waals surface area contributed by atoms with Crippen LogP contribution in [-0.4, -0.2) is 47.8 Å². The summed E-state index contributed by atoms with van der Waals surface area (Å²) < 4.78 is 0. The van der Waals surface area contributed by atoms with Gasteiger partial charge in [-0.15, -0.1) is 11.3 Å². The van der Waals surface area contributed by atoms with Crippen molar-refractivity contribution in [2.45, 2.75) is 18.9 Å². The number of piperazine rings is 1. The Morgan fingerprint density at radius 2 is 1.92 bits per heavy atom. The van der Waals surface area contributed by atoms with Crippen LogP contribution in [0.5, 0.6) is 0 Å². The molecule has 6 heteroatoms. The first kappa shape index (κ1) is 16.3. The highest BCUT2D eigenvalue weighted by atomic mass is 32.1. The first-order chi connectivity index (χ1) is 12.2. The van der Waals surface area contributed by atoms with E-state index < -0.39 is 0 Å². The maximum atomic E-state index is 13.0. The third-order valence-corrected chi connectivity index (χ3v) is 5.80. The van der Waals surface area contributed by atoms with Gasteiger partial charge in [0.05, 0.1) is 5.92 Å². The molecule has 0 bridgehead atoms. The van der Waals surface area contributed by atoms with Gasteiger partial charge >= 0.3 is 0 Å². The number of carbonyl (C=O) groups excluding carboxylic acids is 2. The summed E-state index contributed by atoms with van der Waals surface area (Å²) >= 11 is 1.77. The molecule has 1 unspecified atom stereocenters. The second kappa shape index (κ2) is 6.98. The van der Waals surface area contributed by atoms with Gasteiger partial charge in [0.15, 0.2) is 0 Å². The number of rotatable bonds is 3. The number of hydrogen-bond donors (Lipinski definition) is 1. The lowest BCUT2D eigenvalue weighted by atomic mass is 9.89. The normalized spacial score (nSPS) is 20.9. The van der Waals surface area contributed by atoms with Crippen molar-refractivity contribution in [3.8, 4) is 0 Å². The largest absolute Gasteiger partial charge is 0.340 e. The van der Waals surface area contributed by atoms with E-state index in [0.717, 1.165) is 44.0 Å². The van der Waals surface area contributed by atoms with Gasteiger partial charge in [-0.2, -0.15) is 0 Å². The molecule has 1 aromatic heterocycles. The number of nitrogens with zero attached hydrogens (tertiary/aromatic N) is 2. The zero-order valence-corrected chi connectivity index (χ0v) is 14.8. The first-order valence-corrected chi connectivity index (χ1v) is 9.51. The van der Waals surface area contributed by atoms with E-state index >= 15 is 0 Å². The maximum absolute atomic E-state index is 13.0. The Hall–Kier alpha value is -2.18. The van der Waals surface area contributed by atoms with E-state index in [1.54, 1.807) is 11.3 Å². The van der Waals surface area contributed by atoms with E-state index in [1.807, 2.05) is 29.2 Å². The molecular formula is C19H21N3O2S. The minimum atomic E-state index is -0.353. The monoisotopic (exact) mass is 355 g/mol. The van der Waals surface area contributed by atoms with Crippen LogP contribution in [0, 0.1) is 0 Å². The molecule has 1 N–H and O–H groups in total. The summed E-state index contributed by atoms with van der Waals surface area (Å²) in [6.07, 6.45) is 0.241. The zero-order valence-electron chi connectivity index (χ0n) is 14.0. The Morgan fingerprint density at radius 1 is 1.12 bits per heavy atom. The van der Waals surface area contributed by atoms with Gasteiger partial charge in [-0.1, -0.05) is 24.3 Å². The van der Waals surface area contributed by atoms with Crippen LogP contribution in [0.15, 0.2) is 41.8 Å². The van der Waals surface area contributed by atoms with Crippen LogP contribution in [0.1, 0.15) is 22.8 Å². The standard InChI is InChI=1S/C19H21N3O2S/c23-18-12-16(15-5-1-2-6-17(15)20-18)19(24)22-9-7-21(8-10-22)13-14-4-3-11-25-14/h1-6,11,16H,7-10,12-13H2,(H,20,23). The summed E-state index contributed by atoms with van der Waals surface area (Å²) in [5.74, 6) is -0.347. The van der Waals surface area contributed by atoms with Gasteiger partial charge in [0, 0.05) is 49.7 Å². The molecule has 1 atom stereocenters. The SMILES string of the molecule is O=C1CC(C(=O)N2CCN(Cc3cccs3)CC2)c2ccccc2N1. The molecule has 0 saturated carbocycles. The molecule has 2 aromatic rings. The van der Waals surface area contributed by atoms with E-state index in [9.17, 15) is 9.59 Å². The molecule has 1 aromatic carbocycles. The van der Waals surface area contributed by atoms with Crippen LogP contribution in [0.25, 0.3) is 0 Å². The van der Waals surface area contributed by atoms with Crippen molar-refractivity contribution in [1.82, 2.24) is 9.80 Å². The topological polar surface area (TPSA) is 52.7 Å². The lowest BCUT2D eigenvalue weighted by Gasteiger charge is -2.37. The fourth-order valence-electron chi connectivity index (χ4n) is 3.60. The summed E-state index contributed by atoms with van der Waals surface area (Å²) in [6.45, 7) is 4.16. The first-order valence-electron chi connectivity index (χ1n) is 8.63. The number of carbonyl (C=O) groups is 2. The predicted molar refractivity (Wildman–Crippen MR) is 98.6 cm³/mol. The fourth-order valence-corrected chi connectivity index (χ4v) is 4.35. The third kappa shape index (κ3) is 3.45. The second-order valence-corrected chi connectivity index (χ2v) is 7.61. The van der Waals surface area contributed by atoms with Crippen molar-refractivity contribution in [3.63, 3.8) is 0 Å². The van der Waals surface area contributed by atoms with Gasteiger partial charge in [-0.25, -0.2) is 0 Å². The highest BCUT2D eigenvalue weighted by Crippen LogP contribution is 2.33. The smallest absolute Gasteiger partial charge is 0.230 e. The van der Waals surface area contributed by atoms with Crippen LogP contribution in [-0.2, 0) is 16.1 Å². The number of anilines is 1. The van der Waals surface area contributed by atoms with Crippen molar-refractivity contribution in [3.05, 3.63) is 52.2 Å². The third-order valence-electron chi connectivity index (χ3n) is 4.94. The van der Waals surface area contributed by atoms with Crippen LogP contribution < -0.4 is 5.32 Å². The number of amides is 2. The highest BCUT2D eigenvalue weighted by Gasteiger charge is 2.34. The van der Waals surface area contributed by atoms with Gasteiger partial charge in [-0.3, -0.25) is 14.5 Å². The Kier molecular flexibility index (Phi) is 4.55. The molecule has 1 saturated heterocycles. The number of thiophene rings is 1. The summed E-state index contributed by atoms with van der Waals surface area (Å²) in [5.41, 5.74) is 1.71. The van der Waals surface area contributed by atoms with Crippen molar-refractivity contribution in [2.24, 2.45) is 0 Å². The maximum Gasteiger partial charge on any atom is 0.230 e. The molecule has 1 fully saturated rings. The van der Waals surface area contributed by atoms with Gasteiger partial charge in [0.1, 0.15) is 0 Å². The number of para-hydroxylation sites is 1. The summed E-state index contributed by atoms with van der Waals surface area (Å²) in [7, 11) is 0. The predicted octanol–water partition coefficient (Wildman–Crippen LogP) is 2.52. The number of benzene rings is 1. The van der Waals surface area contributed by atoms with E-state index in [1.165, 1.54) is 4.88 Å². The molecule has 130 valence electrons. The lowest BCUT2D eigenvalue weighted by molar-refractivity contribution is -0.136. The molecule has 0 aliphatic carbocycles. The van der Waals surface area contributed by atoms with Crippen molar-refractivity contribution < 1.29 is 9.59 Å². The molecule has 4 rings (SSSR count). The van der Waals surface area contributed by atoms with Crippen molar-refractivity contribution in [1.29, 1.82) is 0 Å². The summed E-state index contributed by atoms with van der Waals surface area (Å²) in [5, 5.41) is 4.96. The van der Waals surface area contributed by atoms with Crippen molar-refractivity contribution in [2.75, 3.05) is 31.5 Å². The van der Waals surface area contributed by atoms with Gasteiger partial charge in [-0.05, 0) is 23.1 Å². The Morgan fingerprint density at radius 3 is 2.68 bits per heavy atom. The van der Waals surface area contributed by atoms with Crippen LogP contribution >= 0.6 is 11.3 Å². The highest BCUT2D eigenvalue weighted by molar-refractivity contribution is 7.09. The average Bonchev–Trinajstić information content (AvgIpc) is 3.14. The van der Waals surface area contributed by atoms with E-state index in [0.29, 0.717) is 0 Å². The second-order valence-electron chi connectivity index (χ2n) is 6.57. The number of hydrogen-bond acceptors (Lipinski definition) is 4. The minimum absolute atomic E-state index is 0.0756. The lowest BCUT2D eigenvalue weighted by Crippen LogP contribution is -2.50. The molecular weight excluding hydrogens is 334 g/mol. The number of nitrogens with one attached hydrogen (secondary N) is 1. The molecule has 25 heavy (non-hydrogen) atoms. The van der Waals surface area contributed by atoms with Gasteiger partial charge in [0.25, 0.3) is 0 Å². The molecule has 5 nitrogen and oxygen atoms in total. The quantitative estimate of drug-likeness (QED) is 0.920. The van der Waals surface area contributed by atoms with Crippen LogP contribution in [0.2, 0.25) is 0 Å². The molecule has 2 aliphatic rings. The molecule has 3 heterocycles. The van der Waals surface area contributed by atoms with Crippen LogP contribution in [0.4, 0.5) is 5.69 Å². The van der Waals surface area contributed by atoms with E-state index in [-0.39, 0.29) is 24.2 Å². The minimum Gasteiger partial charge on any atom is -0.340 e.